The predicted octanol–water partition coefficient (Wildman–Crippen LogP) is 3.01. The highest BCUT2D eigenvalue weighted by molar-refractivity contribution is 6.03. The molecule has 3 saturated heterocycles. The fraction of sp³-hybridized carbons (Fsp3) is 0.441. The van der Waals surface area contributed by atoms with Crippen LogP contribution in [0.1, 0.15) is 26.7 Å². The molecule has 3 aliphatic heterocycles. The number of hydrogen-bond acceptors (Lipinski definition) is 7. The number of para-hydroxylation sites is 2. The third kappa shape index (κ3) is 4.94. The van der Waals surface area contributed by atoms with Crippen molar-refractivity contribution in [2.24, 2.45) is 17.8 Å². The zero-order chi connectivity index (χ0) is 31.9. The average molecular weight is 613 g/mol. The van der Waals surface area contributed by atoms with Gasteiger partial charge < -0.3 is 24.5 Å². The lowest BCUT2D eigenvalue weighted by molar-refractivity contribution is -0.153. The van der Waals surface area contributed by atoms with Crippen molar-refractivity contribution in [2.75, 3.05) is 24.6 Å². The third-order valence-corrected chi connectivity index (χ3v) is 9.60. The van der Waals surface area contributed by atoms with Crippen LogP contribution in [0.25, 0.3) is 11.0 Å². The first-order valence-electron chi connectivity index (χ1n) is 15.5. The molecule has 0 aliphatic carbocycles. The molecule has 4 heterocycles. The Bertz CT molecular complexity index is 1610. The van der Waals surface area contributed by atoms with Crippen molar-refractivity contribution in [2.45, 2.75) is 57.1 Å². The van der Waals surface area contributed by atoms with Gasteiger partial charge in [-0.05, 0) is 43.0 Å². The number of nitrogens with zero attached hydrogens (tertiary/aromatic N) is 6. The van der Waals surface area contributed by atoms with Gasteiger partial charge >= 0.3 is 0 Å². The van der Waals surface area contributed by atoms with Crippen molar-refractivity contribution < 1.29 is 24.2 Å². The van der Waals surface area contributed by atoms with Crippen molar-refractivity contribution in [3.8, 4) is 0 Å². The van der Waals surface area contributed by atoms with Crippen molar-refractivity contribution in [3.63, 3.8) is 0 Å². The Morgan fingerprint density at radius 1 is 1.09 bits per heavy atom. The van der Waals surface area contributed by atoms with Gasteiger partial charge in [-0.2, -0.15) is 0 Å². The molecular weight excluding hydrogens is 572 g/mol. The Morgan fingerprint density at radius 3 is 2.49 bits per heavy atom. The summed E-state index contributed by atoms with van der Waals surface area (Å²) in [7, 11) is 0. The number of carbonyl (C=O) groups excluding carboxylic acids is 3. The van der Waals surface area contributed by atoms with E-state index >= 15 is 0 Å². The summed E-state index contributed by atoms with van der Waals surface area (Å²) in [6, 6.07) is 15.1. The summed E-state index contributed by atoms with van der Waals surface area (Å²) in [6.07, 6.45) is 3.76. The Balaban J connectivity index is 1.41. The summed E-state index contributed by atoms with van der Waals surface area (Å²) < 4.78 is 8.34. The molecule has 1 spiro atoms. The smallest absolute Gasteiger partial charge is 0.250 e. The molecule has 3 amide bonds. The van der Waals surface area contributed by atoms with Crippen LogP contribution in [0.3, 0.4) is 0 Å². The van der Waals surface area contributed by atoms with Crippen molar-refractivity contribution in [1.29, 1.82) is 0 Å². The van der Waals surface area contributed by atoms with Crippen LogP contribution in [0.2, 0.25) is 0 Å². The van der Waals surface area contributed by atoms with Gasteiger partial charge in [-0.15, -0.1) is 18.3 Å². The Kier molecular flexibility index (Phi) is 8.32. The molecule has 0 radical (unpaired) electrons. The molecule has 2 bridgehead atoms. The lowest BCUT2D eigenvalue weighted by Crippen LogP contribution is -2.59. The van der Waals surface area contributed by atoms with Crippen LogP contribution in [0.4, 0.5) is 5.69 Å². The van der Waals surface area contributed by atoms with Crippen molar-refractivity contribution in [3.05, 3.63) is 79.9 Å². The van der Waals surface area contributed by atoms with Crippen LogP contribution in [0.5, 0.6) is 0 Å². The van der Waals surface area contributed by atoms with Crippen molar-refractivity contribution >= 4 is 34.4 Å². The summed E-state index contributed by atoms with van der Waals surface area (Å²) in [5, 5.41) is 19.1. The lowest BCUT2D eigenvalue weighted by atomic mass is 9.70. The van der Waals surface area contributed by atoms with E-state index in [1.54, 1.807) is 26.6 Å². The molecule has 236 valence electrons. The minimum Gasteiger partial charge on any atom is -0.394 e. The van der Waals surface area contributed by atoms with E-state index in [2.05, 4.69) is 23.5 Å². The first-order valence-corrected chi connectivity index (χ1v) is 15.5. The predicted molar refractivity (Wildman–Crippen MR) is 169 cm³/mol. The number of fused-ring (bicyclic) bond motifs is 2. The number of aliphatic hydroxyl groups is 1. The van der Waals surface area contributed by atoms with Gasteiger partial charge in [0.15, 0.2) is 0 Å². The summed E-state index contributed by atoms with van der Waals surface area (Å²) in [5.41, 5.74) is 0.933. The number of aromatic nitrogens is 3. The maximum atomic E-state index is 14.8. The van der Waals surface area contributed by atoms with Gasteiger partial charge in [0.05, 0.1) is 36.1 Å². The standard InChI is InChI=1S/C34H40N6O5/c1-5-18-37(21-39-25-15-11-10-14-24(25)35-36-39)33(44)30-34-17-16-27(45-34)28(29(34)32(43)40(30)26(20-41)22(3)4)31(42)38(19-6-2)23-12-8-7-9-13-23/h5-15,22,26-30,41H,1-2,16-21H2,3-4H3/t26-,27+,28-,29-,30?,34?/m0/s1. The van der Waals surface area contributed by atoms with Gasteiger partial charge in [0.2, 0.25) is 17.7 Å². The van der Waals surface area contributed by atoms with Gasteiger partial charge in [-0.3, -0.25) is 14.4 Å². The monoisotopic (exact) mass is 612 g/mol. The van der Waals surface area contributed by atoms with E-state index in [-0.39, 0.29) is 50.0 Å². The largest absolute Gasteiger partial charge is 0.394 e. The zero-order valence-electron chi connectivity index (χ0n) is 25.7. The maximum absolute atomic E-state index is 14.8. The molecule has 1 aromatic heterocycles. The molecule has 6 rings (SSSR count). The summed E-state index contributed by atoms with van der Waals surface area (Å²) in [4.78, 5) is 48.6. The Morgan fingerprint density at radius 2 is 1.80 bits per heavy atom. The fourth-order valence-electron chi connectivity index (χ4n) is 7.60. The summed E-state index contributed by atoms with van der Waals surface area (Å²) in [6.45, 7) is 11.7. The van der Waals surface area contributed by atoms with Crippen LogP contribution >= 0.6 is 0 Å². The van der Waals surface area contributed by atoms with Crippen LogP contribution in [-0.2, 0) is 25.8 Å². The first kappa shape index (κ1) is 30.7. The van der Waals surface area contributed by atoms with E-state index in [1.165, 1.54) is 4.90 Å². The van der Waals surface area contributed by atoms with Crippen LogP contribution in [-0.4, -0.2) is 91.1 Å². The molecule has 3 fully saturated rings. The minimum absolute atomic E-state index is 0.0724. The molecule has 11 heteroatoms. The van der Waals surface area contributed by atoms with E-state index in [0.29, 0.717) is 24.0 Å². The normalized spacial score (nSPS) is 25.9. The lowest BCUT2D eigenvalue weighted by Gasteiger charge is -2.40. The van der Waals surface area contributed by atoms with Crippen LogP contribution in [0.15, 0.2) is 79.9 Å². The second-order valence-corrected chi connectivity index (χ2v) is 12.4. The van der Waals surface area contributed by atoms with Gasteiger partial charge in [0, 0.05) is 18.8 Å². The van der Waals surface area contributed by atoms with Crippen LogP contribution in [0, 0.1) is 17.8 Å². The third-order valence-electron chi connectivity index (χ3n) is 9.60. The molecule has 3 aromatic rings. The van der Waals surface area contributed by atoms with E-state index in [4.69, 9.17) is 4.74 Å². The number of aliphatic hydroxyl groups excluding tert-OH is 1. The molecule has 6 atom stereocenters. The van der Waals surface area contributed by atoms with Crippen molar-refractivity contribution in [1.82, 2.24) is 24.8 Å². The number of ether oxygens (including phenoxy) is 1. The van der Waals surface area contributed by atoms with Crippen LogP contribution < -0.4 is 4.90 Å². The number of likely N-dealkylation sites (tertiary alicyclic amines) is 1. The zero-order valence-corrected chi connectivity index (χ0v) is 25.7. The van der Waals surface area contributed by atoms with Gasteiger partial charge in [-0.1, -0.05) is 61.5 Å². The molecule has 45 heavy (non-hydrogen) atoms. The number of rotatable bonds is 12. The Hall–Kier alpha value is -4.35. The van der Waals surface area contributed by atoms with Gasteiger partial charge in [0.1, 0.15) is 23.8 Å². The first-order chi connectivity index (χ1) is 21.8. The molecule has 0 saturated carbocycles. The summed E-state index contributed by atoms with van der Waals surface area (Å²) >= 11 is 0. The van der Waals surface area contributed by atoms with E-state index < -0.39 is 35.6 Å². The van der Waals surface area contributed by atoms with Gasteiger partial charge in [-0.25, -0.2) is 4.68 Å². The second-order valence-electron chi connectivity index (χ2n) is 12.4. The number of amides is 3. The van der Waals surface area contributed by atoms with E-state index in [1.807, 2.05) is 68.4 Å². The highest BCUT2D eigenvalue weighted by atomic mass is 16.5. The molecule has 2 unspecified atom stereocenters. The minimum atomic E-state index is -1.22. The number of carbonyl (C=O) groups is 3. The average Bonchev–Trinajstić information content (AvgIpc) is 3.79. The second kappa shape index (κ2) is 12.2. The number of hydrogen-bond donors (Lipinski definition) is 1. The maximum Gasteiger partial charge on any atom is 0.250 e. The van der Waals surface area contributed by atoms with E-state index in [0.717, 1.165) is 5.52 Å². The SMILES string of the molecule is C=CCN(Cn1nnc2ccccc21)C(=O)C1N([C@@H](CO)C(C)C)C(=O)[C@@H]2[C@@H](C(=O)N(CC=C)c3ccccc3)[C@H]3CCC12O3. The molecule has 11 nitrogen and oxygen atoms in total. The van der Waals surface area contributed by atoms with Gasteiger partial charge in [0.25, 0.3) is 0 Å². The highest BCUT2D eigenvalue weighted by Crippen LogP contribution is 2.59. The topological polar surface area (TPSA) is 121 Å². The molecule has 1 N–H and O–H groups in total. The fourth-order valence-corrected chi connectivity index (χ4v) is 7.60. The van der Waals surface area contributed by atoms with E-state index in [9.17, 15) is 19.5 Å². The highest BCUT2D eigenvalue weighted by Gasteiger charge is 2.75. The molecular formula is C34H40N6O5. The molecule has 3 aliphatic rings. The number of anilines is 1. The molecule has 2 aromatic carbocycles. The summed E-state index contributed by atoms with van der Waals surface area (Å²) in [5.74, 6) is -2.74. The number of benzene rings is 2. The Labute approximate surface area is 262 Å². The quantitative estimate of drug-likeness (QED) is 0.312.